The van der Waals surface area contributed by atoms with Crippen LogP contribution in [0.15, 0.2) is 24.3 Å². The van der Waals surface area contributed by atoms with Crippen LogP contribution in [0.5, 0.6) is 0 Å². The minimum Gasteiger partial charge on any atom is -0.330 e. The Morgan fingerprint density at radius 1 is 1.28 bits per heavy atom. The summed E-state index contributed by atoms with van der Waals surface area (Å²) in [6.45, 7) is 6.58. The molecule has 1 atom stereocenters. The molecule has 0 saturated carbocycles. The third-order valence-electron chi connectivity index (χ3n) is 3.44. The van der Waals surface area contributed by atoms with E-state index in [2.05, 4.69) is 19.1 Å². The first-order chi connectivity index (χ1) is 8.51. The van der Waals surface area contributed by atoms with Crippen LogP contribution in [0, 0.1) is 11.8 Å². The summed E-state index contributed by atoms with van der Waals surface area (Å²) in [6, 6.07) is 8.10. The van der Waals surface area contributed by atoms with E-state index in [0.717, 1.165) is 12.1 Å². The van der Waals surface area contributed by atoms with Crippen LogP contribution in [0.2, 0.25) is 0 Å². The average molecular weight is 248 g/mol. The van der Waals surface area contributed by atoms with Gasteiger partial charge in [-0.15, -0.1) is 0 Å². The molecule has 0 radical (unpaired) electrons. The van der Waals surface area contributed by atoms with Gasteiger partial charge in [-0.3, -0.25) is 4.79 Å². The smallest absolute Gasteiger partial charge is 0.231 e. The molecule has 1 aromatic carbocycles. The quantitative estimate of drug-likeness (QED) is 0.870. The van der Waals surface area contributed by atoms with Crippen molar-refractivity contribution in [2.24, 2.45) is 17.6 Å². The number of amides is 1. The molecular weight excluding hydrogens is 224 g/mol. The predicted molar refractivity (Wildman–Crippen MR) is 76.6 cm³/mol. The molecule has 2 N–H and O–H groups in total. The summed E-state index contributed by atoms with van der Waals surface area (Å²) >= 11 is 0. The van der Waals surface area contributed by atoms with Crippen LogP contribution >= 0.6 is 0 Å². The second-order valence-electron chi connectivity index (χ2n) is 5.00. The number of hydrogen-bond donors (Lipinski definition) is 1. The van der Waals surface area contributed by atoms with Gasteiger partial charge < -0.3 is 10.6 Å². The molecule has 0 bridgehead atoms. The van der Waals surface area contributed by atoms with E-state index in [4.69, 9.17) is 5.73 Å². The molecule has 0 spiro atoms. The number of anilines is 1. The lowest BCUT2D eigenvalue weighted by Gasteiger charge is -2.25. The van der Waals surface area contributed by atoms with Crippen LogP contribution in [-0.2, 0) is 11.2 Å². The predicted octanol–water partition coefficient (Wildman–Crippen LogP) is 2.44. The number of benzene rings is 1. The fourth-order valence-corrected chi connectivity index (χ4v) is 1.99. The zero-order valence-electron chi connectivity index (χ0n) is 11.8. The van der Waals surface area contributed by atoms with E-state index in [1.165, 1.54) is 5.56 Å². The molecule has 1 aromatic rings. The lowest BCUT2D eigenvalue weighted by Crippen LogP contribution is -2.39. The third kappa shape index (κ3) is 3.33. The molecule has 0 fully saturated rings. The van der Waals surface area contributed by atoms with Crippen molar-refractivity contribution < 1.29 is 4.79 Å². The fraction of sp³-hybridized carbons (Fsp3) is 0.533. The van der Waals surface area contributed by atoms with Gasteiger partial charge in [0.25, 0.3) is 0 Å². The van der Waals surface area contributed by atoms with Gasteiger partial charge in [0, 0.05) is 19.3 Å². The van der Waals surface area contributed by atoms with E-state index >= 15 is 0 Å². The van der Waals surface area contributed by atoms with Crippen LogP contribution in [0.1, 0.15) is 26.3 Å². The highest BCUT2D eigenvalue weighted by molar-refractivity contribution is 5.94. The Labute approximate surface area is 110 Å². The van der Waals surface area contributed by atoms with Gasteiger partial charge in [-0.1, -0.05) is 32.9 Å². The van der Waals surface area contributed by atoms with E-state index in [-0.39, 0.29) is 17.7 Å². The fourth-order valence-electron chi connectivity index (χ4n) is 1.99. The summed E-state index contributed by atoms with van der Waals surface area (Å²) < 4.78 is 0. The van der Waals surface area contributed by atoms with Crippen LogP contribution in [-0.4, -0.2) is 19.5 Å². The molecule has 0 aromatic heterocycles. The topological polar surface area (TPSA) is 46.3 Å². The van der Waals surface area contributed by atoms with Crippen LogP contribution in [0.3, 0.4) is 0 Å². The molecule has 0 saturated heterocycles. The molecule has 18 heavy (non-hydrogen) atoms. The monoisotopic (exact) mass is 248 g/mol. The Morgan fingerprint density at radius 2 is 1.83 bits per heavy atom. The maximum Gasteiger partial charge on any atom is 0.231 e. The number of hydrogen-bond acceptors (Lipinski definition) is 2. The first kappa shape index (κ1) is 14.7. The number of carbonyl (C=O) groups is 1. The van der Waals surface area contributed by atoms with Gasteiger partial charge >= 0.3 is 0 Å². The van der Waals surface area contributed by atoms with Crippen molar-refractivity contribution in [3.63, 3.8) is 0 Å². The molecule has 0 aliphatic heterocycles. The first-order valence-electron chi connectivity index (χ1n) is 6.57. The summed E-state index contributed by atoms with van der Waals surface area (Å²) in [5.41, 5.74) is 7.89. The zero-order valence-corrected chi connectivity index (χ0v) is 11.8. The molecular formula is C15H24N2O. The summed E-state index contributed by atoms with van der Waals surface area (Å²) in [7, 11) is 1.81. The Bertz CT molecular complexity index is 384. The Kier molecular flexibility index (Phi) is 5.35. The SMILES string of the molecule is CCc1ccc(N(C)C(=O)C(CN)C(C)C)cc1. The lowest BCUT2D eigenvalue weighted by molar-refractivity contribution is -0.123. The number of nitrogens with zero attached hydrogens (tertiary/aromatic N) is 1. The van der Waals surface area contributed by atoms with Gasteiger partial charge in [0.05, 0.1) is 5.92 Å². The standard InChI is InChI=1S/C15H24N2O/c1-5-12-6-8-13(9-7-12)17(4)15(18)14(10-16)11(2)3/h6-9,11,14H,5,10,16H2,1-4H3. The van der Waals surface area contributed by atoms with E-state index in [0.29, 0.717) is 6.54 Å². The van der Waals surface area contributed by atoms with Crippen LogP contribution < -0.4 is 10.6 Å². The highest BCUT2D eigenvalue weighted by Gasteiger charge is 2.24. The second kappa shape index (κ2) is 6.55. The number of aryl methyl sites for hydroxylation is 1. The Balaban J connectivity index is 2.84. The molecule has 1 rings (SSSR count). The molecule has 1 amide bonds. The highest BCUT2D eigenvalue weighted by Crippen LogP contribution is 2.19. The number of rotatable bonds is 5. The van der Waals surface area contributed by atoms with Gasteiger partial charge in [-0.25, -0.2) is 0 Å². The normalized spacial score (nSPS) is 12.6. The zero-order chi connectivity index (χ0) is 13.7. The van der Waals surface area contributed by atoms with E-state index in [1.54, 1.807) is 4.90 Å². The van der Waals surface area contributed by atoms with Crippen LogP contribution in [0.4, 0.5) is 5.69 Å². The first-order valence-corrected chi connectivity index (χ1v) is 6.57. The van der Waals surface area contributed by atoms with Crippen molar-refractivity contribution in [3.05, 3.63) is 29.8 Å². The molecule has 0 aliphatic carbocycles. The van der Waals surface area contributed by atoms with E-state index < -0.39 is 0 Å². The van der Waals surface area contributed by atoms with Crippen molar-refractivity contribution in [3.8, 4) is 0 Å². The average Bonchev–Trinajstić information content (AvgIpc) is 2.38. The Hall–Kier alpha value is -1.35. The highest BCUT2D eigenvalue weighted by atomic mass is 16.2. The molecule has 100 valence electrons. The minimum atomic E-state index is -0.110. The van der Waals surface area contributed by atoms with Gasteiger partial charge in [0.1, 0.15) is 0 Å². The Morgan fingerprint density at radius 3 is 2.22 bits per heavy atom. The van der Waals surface area contributed by atoms with Gasteiger partial charge in [0.2, 0.25) is 5.91 Å². The summed E-state index contributed by atoms with van der Waals surface area (Å²) in [4.78, 5) is 14.0. The molecule has 3 nitrogen and oxygen atoms in total. The van der Waals surface area contributed by atoms with Gasteiger partial charge in [-0.05, 0) is 30.0 Å². The molecule has 3 heteroatoms. The third-order valence-corrected chi connectivity index (χ3v) is 3.44. The van der Waals surface area contributed by atoms with Crippen molar-refractivity contribution in [2.75, 3.05) is 18.5 Å². The van der Waals surface area contributed by atoms with Crippen molar-refractivity contribution in [1.82, 2.24) is 0 Å². The minimum absolute atomic E-state index is 0.0942. The van der Waals surface area contributed by atoms with Gasteiger partial charge in [-0.2, -0.15) is 0 Å². The maximum atomic E-state index is 12.3. The van der Waals surface area contributed by atoms with E-state index in [9.17, 15) is 4.79 Å². The summed E-state index contributed by atoms with van der Waals surface area (Å²) in [5.74, 6) is 0.248. The van der Waals surface area contributed by atoms with Crippen molar-refractivity contribution >= 4 is 11.6 Å². The maximum absolute atomic E-state index is 12.3. The van der Waals surface area contributed by atoms with Crippen molar-refractivity contribution in [1.29, 1.82) is 0 Å². The summed E-state index contributed by atoms with van der Waals surface area (Å²) in [6.07, 6.45) is 1.01. The second-order valence-corrected chi connectivity index (χ2v) is 5.00. The van der Waals surface area contributed by atoms with Gasteiger partial charge in [0.15, 0.2) is 0 Å². The number of nitrogens with two attached hydrogens (primary N) is 1. The van der Waals surface area contributed by atoms with Crippen LogP contribution in [0.25, 0.3) is 0 Å². The molecule has 0 aliphatic rings. The lowest BCUT2D eigenvalue weighted by atomic mass is 9.94. The van der Waals surface area contributed by atoms with E-state index in [1.807, 2.05) is 33.0 Å². The molecule has 1 unspecified atom stereocenters. The molecule has 0 heterocycles. The summed E-state index contributed by atoms with van der Waals surface area (Å²) in [5, 5.41) is 0. The van der Waals surface area contributed by atoms with Crippen molar-refractivity contribution in [2.45, 2.75) is 27.2 Å². The largest absolute Gasteiger partial charge is 0.330 e. The number of carbonyl (C=O) groups excluding carboxylic acids is 1.